The first-order valence-electron chi connectivity index (χ1n) is 5.93. The van der Waals surface area contributed by atoms with E-state index in [0.29, 0.717) is 28.9 Å². The lowest BCUT2D eigenvalue weighted by Gasteiger charge is -2.24. The highest BCUT2D eigenvalue weighted by Crippen LogP contribution is 2.26. The first-order chi connectivity index (χ1) is 8.20. The number of nitrogen functional groups attached to an aromatic ring is 2. The second kappa shape index (κ2) is 4.91. The summed E-state index contributed by atoms with van der Waals surface area (Å²) in [6.07, 6.45) is 5.95. The van der Waals surface area contributed by atoms with Gasteiger partial charge in [-0.15, -0.1) is 0 Å². The van der Waals surface area contributed by atoms with E-state index in [1.54, 1.807) is 0 Å². The molecule has 1 fully saturated rings. The van der Waals surface area contributed by atoms with E-state index in [4.69, 9.17) is 16.7 Å². The van der Waals surface area contributed by atoms with Crippen LogP contribution in [0.15, 0.2) is 6.07 Å². The van der Waals surface area contributed by atoms with Crippen LogP contribution in [0.2, 0.25) is 0 Å². The Morgan fingerprint density at radius 1 is 1.29 bits per heavy atom. The Kier molecular flexibility index (Phi) is 3.33. The molecule has 90 valence electrons. The highest BCUT2D eigenvalue weighted by Gasteiger charge is 2.17. The molecule has 5 heteroatoms. The third-order valence-electron chi connectivity index (χ3n) is 3.13. The smallest absolute Gasteiger partial charge is 0.148 e. The summed E-state index contributed by atoms with van der Waals surface area (Å²) in [5.41, 5.74) is 12.2. The van der Waals surface area contributed by atoms with Gasteiger partial charge in [-0.25, -0.2) is 4.98 Å². The fourth-order valence-corrected chi connectivity index (χ4v) is 2.25. The number of hydrogen-bond acceptors (Lipinski definition) is 5. The quantitative estimate of drug-likeness (QED) is 0.721. The lowest BCUT2D eigenvalue weighted by atomic mass is 9.95. The lowest BCUT2D eigenvalue weighted by Crippen LogP contribution is -2.23. The number of nitrogens with one attached hydrogen (secondary N) is 1. The second-order valence-corrected chi connectivity index (χ2v) is 4.45. The molecule has 1 saturated carbocycles. The molecule has 1 aromatic heterocycles. The van der Waals surface area contributed by atoms with Gasteiger partial charge in [0.25, 0.3) is 0 Å². The zero-order valence-electron chi connectivity index (χ0n) is 9.74. The van der Waals surface area contributed by atoms with Crippen LogP contribution in [-0.4, -0.2) is 11.0 Å². The van der Waals surface area contributed by atoms with E-state index < -0.39 is 0 Å². The minimum absolute atomic E-state index is 0.347. The van der Waals surface area contributed by atoms with Crippen molar-refractivity contribution in [1.29, 1.82) is 5.26 Å². The number of hydrogen-bond donors (Lipinski definition) is 3. The Morgan fingerprint density at radius 2 is 2.00 bits per heavy atom. The van der Waals surface area contributed by atoms with Crippen molar-refractivity contribution >= 4 is 17.3 Å². The van der Waals surface area contributed by atoms with Crippen molar-refractivity contribution in [2.45, 2.75) is 38.1 Å². The zero-order valence-corrected chi connectivity index (χ0v) is 9.74. The predicted molar refractivity (Wildman–Crippen MR) is 68.3 cm³/mol. The normalized spacial score (nSPS) is 16.4. The number of nitriles is 1. The summed E-state index contributed by atoms with van der Waals surface area (Å²) in [6.45, 7) is 0. The molecular formula is C12H17N5. The van der Waals surface area contributed by atoms with Gasteiger partial charge in [0.15, 0.2) is 0 Å². The molecule has 0 unspecified atom stereocenters. The molecule has 0 aliphatic heterocycles. The number of pyridine rings is 1. The minimum atomic E-state index is 0.347. The Morgan fingerprint density at radius 3 is 2.65 bits per heavy atom. The van der Waals surface area contributed by atoms with E-state index in [0.717, 1.165) is 12.8 Å². The van der Waals surface area contributed by atoms with Gasteiger partial charge in [-0.2, -0.15) is 5.26 Å². The van der Waals surface area contributed by atoms with Gasteiger partial charge >= 0.3 is 0 Å². The van der Waals surface area contributed by atoms with Crippen LogP contribution in [0.3, 0.4) is 0 Å². The molecule has 1 aliphatic carbocycles. The third-order valence-corrected chi connectivity index (χ3v) is 3.13. The van der Waals surface area contributed by atoms with Crippen LogP contribution in [-0.2, 0) is 0 Å². The van der Waals surface area contributed by atoms with Crippen LogP contribution in [0.1, 0.15) is 37.7 Å². The molecule has 0 spiro atoms. The van der Waals surface area contributed by atoms with Crippen molar-refractivity contribution in [1.82, 2.24) is 4.98 Å². The fourth-order valence-electron chi connectivity index (χ4n) is 2.25. The molecule has 17 heavy (non-hydrogen) atoms. The standard InChI is InChI=1S/C12H17N5/c13-7-9-10(14)6-11(15)17-12(9)16-8-4-2-1-3-5-8/h6,8H,1-5H2,(H5,14,15,16,17). The van der Waals surface area contributed by atoms with Gasteiger partial charge in [0.2, 0.25) is 0 Å². The highest BCUT2D eigenvalue weighted by atomic mass is 15.0. The van der Waals surface area contributed by atoms with Crippen molar-refractivity contribution in [2.75, 3.05) is 16.8 Å². The van der Waals surface area contributed by atoms with Gasteiger partial charge in [0, 0.05) is 12.1 Å². The maximum Gasteiger partial charge on any atom is 0.148 e. The van der Waals surface area contributed by atoms with Crippen molar-refractivity contribution in [3.63, 3.8) is 0 Å². The molecule has 1 heterocycles. The van der Waals surface area contributed by atoms with E-state index in [1.807, 2.05) is 0 Å². The SMILES string of the molecule is N#Cc1c(N)cc(N)nc1NC1CCCCC1. The van der Waals surface area contributed by atoms with Crippen molar-refractivity contribution in [3.8, 4) is 6.07 Å². The molecule has 0 atom stereocenters. The van der Waals surface area contributed by atoms with Crippen LogP contribution in [0.4, 0.5) is 17.3 Å². The van der Waals surface area contributed by atoms with E-state index >= 15 is 0 Å². The highest BCUT2D eigenvalue weighted by molar-refractivity contribution is 5.69. The Labute approximate surface area is 101 Å². The van der Waals surface area contributed by atoms with Gasteiger partial charge in [0.05, 0.1) is 5.69 Å². The Bertz CT molecular complexity index is 443. The number of aromatic nitrogens is 1. The topological polar surface area (TPSA) is 101 Å². The Hall–Kier alpha value is -1.96. The summed E-state index contributed by atoms with van der Waals surface area (Å²) in [5, 5.41) is 12.4. The van der Waals surface area contributed by atoms with Crippen LogP contribution in [0, 0.1) is 11.3 Å². The maximum atomic E-state index is 9.07. The molecule has 5 N–H and O–H groups in total. The van der Waals surface area contributed by atoms with Gasteiger partial charge in [-0.3, -0.25) is 0 Å². The summed E-state index contributed by atoms with van der Waals surface area (Å²) in [5.74, 6) is 0.872. The summed E-state index contributed by atoms with van der Waals surface area (Å²) >= 11 is 0. The van der Waals surface area contributed by atoms with E-state index in [-0.39, 0.29) is 0 Å². The molecule has 1 aliphatic rings. The maximum absolute atomic E-state index is 9.07. The molecule has 5 nitrogen and oxygen atoms in total. The third kappa shape index (κ3) is 2.59. The largest absolute Gasteiger partial charge is 0.397 e. The summed E-state index contributed by atoms with van der Waals surface area (Å²) < 4.78 is 0. The summed E-state index contributed by atoms with van der Waals surface area (Å²) in [7, 11) is 0. The molecule has 1 aromatic rings. The second-order valence-electron chi connectivity index (χ2n) is 4.45. The average Bonchev–Trinajstić information content (AvgIpc) is 2.30. The fraction of sp³-hybridized carbons (Fsp3) is 0.500. The number of nitrogens with two attached hydrogens (primary N) is 2. The average molecular weight is 231 g/mol. The monoisotopic (exact) mass is 231 g/mol. The van der Waals surface area contributed by atoms with E-state index in [9.17, 15) is 0 Å². The van der Waals surface area contributed by atoms with E-state index in [1.165, 1.54) is 25.3 Å². The molecule has 2 rings (SSSR count). The van der Waals surface area contributed by atoms with Gasteiger partial charge in [-0.1, -0.05) is 19.3 Å². The first-order valence-corrected chi connectivity index (χ1v) is 5.93. The zero-order chi connectivity index (χ0) is 12.3. The van der Waals surface area contributed by atoms with Crippen molar-refractivity contribution < 1.29 is 0 Å². The van der Waals surface area contributed by atoms with Crippen LogP contribution in [0.25, 0.3) is 0 Å². The van der Waals surface area contributed by atoms with Gasteiger partial charge in [-0.05, 0) is 12.8 Å². The summed E-state index contributed by atoms with van der Waals surface area (Å²) in [4.78, 5) is 4.16. The lowest BCUT2D eigenvalue weighted by molar-refractivity contribution is 0.462. The van der Waals surface area contributed by atoms with Crippen LogP contribution < -0.4 is 16.8 Å². The van der Waals surface area contributed by atoms with Gasteiger partial charge < -0.3 is 16.8 Å². The number of anilines is 3. The molecule has 0 bridgehead atoms. The minimum Gasteiger partial charge on any atom is -0.397 e. The van der Waals surface area contributed by atoms with Gasteiger partial charge in [0.1, 0.15) is 23.3 Å². The first kappa shape index (κ1) is 11.5. The molecule has 0 radical (unpaired) electrons. The molecule has 0 saturated heterocycles. The van der Waals surface area contributed by atoms with Crippen molar-refractivity contribution in [2.24, 2.45) is 0 Å². The molecule has 0 aromatic carbocycles. The predicted octanol–water partition coefficient (Wildman–Crippen LogP) is 1.86. The Balaban J connectivity index is 2.22. The summed E-state index contributed by atoms with van der Waals surface area (Å²) in [6, 6.07) is 3.97. The van der Waals surface area contributed by atoms with Crippen LogP contribution in [0.5, 0.6) is 0 Å². The van der Waals surface area contributed by atoms with Crippen molar-refractivity contribution in [3.05, 3.63) is 11.6 Å². The van der Waals surface area contributed by atoms with Crippen LogP contribution >= 0.6 is 0 Å². The molecule has 0 amide bonds. The number of rotatable bonds is 2. The number of nitrogens with zero attached hydrogens (tertiary/aromatic N) is 2. The molecular weight excluding hydrogens is 214 g/mol. The van der Waals surface area contributed by atoms with E-state index in [2.05, 4.69) is 16.4 Å².